The first-order chi connectivity index (χ1) is 11.8. The molecule has 1 heterocycles. The fourth-order valence-corrected chi connectivity index (χ4v) is 2.32. The van der Waals surface area contributed by atoms with Crippen molar-refractivity contribution in [3.05, 3.63) is 54.1 Å². The average molecular weight is 335 g/mol. The van der Waals surface area contributed by atoms with Crippen LogP contribution in [-0.4, -0.2) is 16.0 Å². The number of carbonyl (C=O) groups excluding carboxylic acids is 1. The smallest absolute Gasteiger partial charge is 0.258 e. The topological polar surface area (TPSA) is 68.0 Å². The zero-order valence-corrected chi connectivity index (χ0v) is 14.8. The lowest BCUT2D eigenvalue weighted by atomic mass is 9.95. The second kappa shape index (κ2) is 6.51. The van der Waals surface area contributed by atoms with Gasteiger partial charge in [0.2, 0.25) is 11.7 Å². The van der Waals surface area contributed by atoms with Gasteiger partial charge in [0.05, 0.1) is 0 Å². The summed E-state index contributed by atoms with van der Waals surface area (Å²) in [6, 6.07) is 15.3. The molecule has 3 rings (SSSR count). The van der Waals surface area contributed by atoms with Crippen molar-refractivity contribution in [3.8, 4) is 22.8 Å². The normalized spacial score (nSPS) is 11.4. The van der Waals surface area contributed by atoms with Crippen LogP contribution in [0.4, 0.5) is 5.69 Å². The third kappa shape index (κ3) is 3.76. The molecule has 0 spiro atoms. The Morgan fingerprint density at radius 3 is 2.56 bits per heavy atom. The molecule has 0 aliphatic carbocycles. The van der Waals surface area contributed by atoms with Gasteiger partial charge in [-0.3, -0.25) is 4.79 Å². The highest BCUT2D eigenvalue weighted by Gasteiger charge is 2.21. The van der Waals surface area contributed by atoms with E-state index >= 15 is 0 Å². The van der Waals surface area contributed by atoms with Crippen molar-refractivity contribution >= 4 is 11.6 Å². The molecular weight excluding hydrogens is 314 g/mol. The zero-order valence-electron chi connectivity index (χ0n) is 14.8. The molecule has 1 aromatic heterocycles. The first-order valence-electron chi connectivity index (χ1n) is 8.16. The van der Waals surface area contributed by atoms with E-state index in [9.17, 15) is 4.79 Å². The molecule has 128 valence electrons. The highest BCUT2D eigenvalue weighted by molar-refractivity contribution is 5.94. The number of aromatic nitrogens is 2. The van der Waals surface area contributed by atoms with Gasteiger partial charge in [-0.05, 0) is 30.7 Å². The SMILES string of the molecule is Cc1ccccc1-c1noc(-c2cccc(NC(=O)C(C)(C)C)c2)n1. The van der Waals surface area contributed by atoms with Crippen LogP contribution in [0.5, 0.6) is 0 Å². The summed E-state index contributed by atoms with van der Waals surface area (Å²) in [7, 11) is 0. The van der Waals surface area contributed by atoms with Gasteiger partial charge < -0.3 is 9.84 Å². The van der Waals surface area contributed by atoms with Crippen LogP contribution in [0.2, 0.25) is 0 Å². The molecule has 0 fully saturated rings. The summed E-state index contributed by atoms with van der Waals surface area (Å²) in [6.07, 6.45) is 0. The molecule has 0 aliphatic heterocycles. The Labute approximate surface area is 147 Å². The van der Waals surface area contributed by atoms with Gasteiger partial charge in [-0.15, -0.1) is 0 Å². The van der Waals surface area contributed by atoms with Gasteiger partial charge in [-0.2, -0.15) is 4.98 Å². The van der Waals surface area contributed by atoms with Crippen LogP contribution in [0.1, 0.15) is 26.3 Å². The Morgan fingerprint density at radius 1 is 1.08 bits per heavy atom. The second-order valence-corrected chi connectivity index (χ2v) is 7.02. The summed E-state index contributed by atoms with van der Waals surface area (Å²) in [6.45, 7) is 7.63. The van der Waals surface area contributed by atoms with E-state index in [4.69, 9.17) is 4.52 Å². The number of carbonyl (C=O) groups is 1. The van der Waals surface area contributed by atoms with Crippen molar-refractivity contribution in [2.24, 2.45) is 5.41 Å². The Hall–Kier alpha value is -2.95. The predicted molar refractivity (Wildman–Crippen MR) is 98.0 cm³/mol. The van der Waals surface area contributed by atoms with Gasteiger partial charge in [0.25, 0.3) is 5.89 Å². The fraction of sp³-hybridized carbons (Fsp3) is 0.250. The molecule has 1 amide bonds. The molecule has 3 aromatic rings. The first kappa shape index (κ1) is 16.9. The summed E-state index contributed by atoms with van der Waals surface area (Å²) >= 11 is 0. The lowest BCUT2D eigenvalue weighted by molar-refractivity contribution is -0.123. The molecule has 0 atom stereocenters. The number of hydrogen-bond acceptors (Lipinski definition) is 4. The molecule has 5 nitrogen and oxygen atoms in total. The molecule has 0 saturated heterocycles. The minimum atomic E-state index is -0.460. The number of amides is 1. The van der Waals surface area contributed by atoms with E-state index in [1.54, 1.807) is 0 Å². The molecular formula is C20H21N3O2. The van der Waals surface area contributed by atoms with E-state index in [1.807, 2.05) is 76.2 Å². The Kier molecular flexibility index (Phi) is 4.40. The monoisotopic (exact) mass is 335 g/mol. The zero-order chi connectivity index (χ0) is 18.0. The van der Waals surface area contributed by atoms with E-state index in [0.29, 0.717) is 17.4 Å². The second-order valence-electron chi connectivity index (χ2n) is 7.02. The van der Waals surface area contributed by atoms with Crippen LogP contribution in [0, 0.1) is 12.3 Å². The van der Waals surface area contributed by atoms with E-state index in [1.165, 1.54) is 0 Å². The Morgan fingerprint density at radius 2 is 1.84 bits per heavy atom. The Balaban J connectivity index is 1.87. The molecule has 0 unspecified atom stereocenters. The van der Waals surface area contributed by atoms with Crippen molar-refractivity contribution in [2.45, 2.75) is 27.7 Å². The maximum atomic E-state index is 12.1. The van der Waals surface area contributed by atoms with Crippen molar-refractivity contribution in [3.63, 3.8) is 0 Å². The minimum Gasteiger partial charge on any atom is -0.334 e. The number of hydrogen-bond donors (Lipinski definition) is 1. The fourth-order valence-electron chi connectivity index (χ4n) is 2.32. The largest absolute Gasteiger partial charge is 0.334 e. The summed E-state index contributed by atoms with van der Waals surface area (Å²) in [5.41, 5.74) is 3.03. The van der Waals surface area contributed by atoms with Gasteiger partial charge in [0, 0.05) is 22.2 Å². The minimum absolute atomic E-state index is 0.0456. The molecule has 5 heteroatoms. The van der Waals surface area contributed by atoms with Crippen LogP contribution in [-0.2, 0) is 4.79 Å². The number of benzene rings is 2. The van der Waals surface area contributed by atoms with Crippen LogP contribution in [0.3, 0.4) is 0 Å². The summed E-state index contributed by atoms with van der Waals surface area (Å²) in [5, 5.41) is 6.99. The molecule has 0 saturated carbocycles. The lowest BCUT2D eigenvalue weighted by Crippen LogP contribution is -2.27. The summed E-state index contributed by atoms with van der Waals surface area (Å²) in [5.74, 6) is 0.929. The van der Waals surface area contributed by atoms with Gasteiger partial charge in [-0.1, -0.05) is 56.3 Å². The average Bonchev–Trinajstić information content (AvgIpc) is 3.04. The van der Waals surface area contributed by atoms with Crippen LogP contribution in [0.25, 0.3) is 22.8 Å². The summed E-state index contributed by atoms with van der Waals surface area (Å²) < 4.78 is 5.41. The molecule has 2 aromatic carbocycles. The third-order valence-electron chi connectivity index (χ3n) is 3.86. The quantitative estimate of drug-likeness (QED) is 0.753. The number of aryl methyl sites for hydroxylation is 1. The molecule has 1 N–H and O–H groups in total. The highest BCUT2D eigenvalue weighted by Crippen LogP contribution is 2.26. The molecule has 0 aliphatic rings. The number of rotatable bonds is 3. The summed E-state index contributed by atoms with van der Waals surface area (Å²) in [4.78, 5) is 16.6. The van der Waals surface area contributed by atoms with E-state index in [-0.39, 0.29) is 5.91 Å². The van der Waals surface area contributed by atoms with Crippen molar-refractivity contribution in [2.75, 3.05) is 5.32 Å². The van der Waals surface area contributed by atoms with Crippen molar-refractivity contribution in [1.82, 2.24) is 10.1 Å². The van der Waals surface area contributed by atoms with Crippen molar-refractivity contribution in [1.29, 1.82) is 0 Å². The number of nitrogens with zero attached hydrogens (tertiary/aromatic N) is 2. The first-order valence-corrected chi connectivity index (χ1v) is 8.16. The maximum Gasteiger partial charge on any atom is 0.258 e. The predicted octanol–water partition coefficient (Wildman–Crippen LogP) is 4.70. The van der Waals surface area contributed by atoms with E-state index in [0.717, 1.165) is 16.7 Å². The molecule has 0 bridgehead atoms. The van der Waals surface area contributed by atoms with E-state index in [2.05, 4.69) is 15.5 Å². The Bertz CT molecular complexity index is 907. The van der Waals surface area contributed by atoms with Gasteiger partial charge >= 0.3 is 0 Å². The standard InChI is InChI=1S/C20H21N3O2/c1-13-8-5-6-11-16(13)17-22-18(25-23-17)14-9-7-10-15(12-14)21-19(24)20(2,3)4/h5-12H,1-4H3,(H,21,24). The number of nitrogens with one attached hydrogen (secondary N) is 1. The lowest BCUT2D eigenvalue weighted by Gasteiger charge is -2.17. The van der Waals surface area contributed by atoms with Crippen LogP contribution in [0.15, 0.2) is 53.1 Å². The van der Waals surface area contributed by atoms with Gasteiger partial charge in [-0.25, -0.2) is 0 Å². The van der Waals surface area contributed by atoms with Crippen LogP contribution >= 0.6 is 0 Å². The third-order valence-corrected chi connectivity index (χ3v) is 3.86. The van der Waals surface area contributed by atoms with Crippen LogP contribution < -0.4 is 5.32 Å². The maximum absolute atomic E-state index is 12.1. The molecule has 25 heavy (non-hydrogen) atoms. The highest BCUT2D eigenvalue weighted by atomic mass is 16.5. The number of anilines is 1. The molecule has 0 radical (unpaired) electrons. The van der Waals surface area contributed by atoms with Gasteiger partial charge in [0.15, 0.2) is 0 Å². The van der Waals surface area contributed by atoms with E-state index < -0.39 is 5.41 Å². The van der Waals surface area contributed by atoms with Crippen molar-refractivity contribution < 1.29 is 9.32 Å². The van der Waals surface area contributed by atoms with Gasteiger partial charge in [0.1, 0.15) is 0 Å².